The van der Waals surface area contributed by atoms with Gasteiger partial charge in [0.1, 0.15) is 5.69 Å². The second-order valence-corrected chi connectivity index (χ2v) is 12.5. The summed E-state index contributed by atoms with van der Waals surface area (Å²) in [6.07, 6.45) is 3.94. The fourth-order valence-corrected chi connectivity index (χ4v) is 6.61. The van der Waals surface area contributed by atoms with E-state index in [4.69, 9.17) is 14.7 Å². The Morgan fingerprint density at radius 3 is 2.53 bits per heavy atom. The second-order valence-electron chi connectivity index (χ2n) is 11.6. The van der Waals surface area contributed by atoms with Gasteiger partial charge in [0.15, 0.2) is 4.96 Å². The van der Waals surface area contributed by atoms with Gasteiger partial charge in [0.25, 0.3) is 5.91 Å². The highest BCUT2D eigenvalue weighted by atomic mass is 32.1. The monoisotopic (exact) mass is 643 g/mol. The van der Waals surface area contributed by atoms with Crippen molar-refractivity contribution in [2.24, 2.45) is 0 Å². The van der Waals surface area contributed by atoms with Gasteiger partial charge in [-0.05, 0) is 55.8 Å². The molecule has 2 atom stereocenters. The minimum absolute atomic E-state index is 0.0100. The van der Waals surface area contributed by atoms with Crippen molar-refractivity contribution >= 4 is 45.4 Å². The van der Waals surface area contributed by atoms with E-state index >= 15 is 0 Å². The highest BCUT2D eigenvalue weighted by Crippen LogP contribution is 2.35. The summed E-state index contributed by atoms with van der Waals surface area (Å²) in [5.41, 5.74) is 5.99. The molecule has 0 bridgehead atoms. The summed E-state index contributed by atoms with van der Waals surface area (Å²) < 4.78 is 7.81. The van der Waals surface area contributed by atoms with Gasteiger partial charge in [-0.15, -0.1) is 11.3 Å². The molecule has 1 fully saturated rings. The first-order valence-corrected chi connectivity index (χ1v) is 16.3. The number of imidazole rings is 1. The molecule has 10 nitrogen and oxygen atoms in total. The molecule has 2 N–H and O–H groups in total. The normalized spacial score (nSPS) is 16.3. The number of morpholine rings is 1. The number of nitrogens with one attached hydrogen (secondary N) is 2. The van der Waals surface area contributed by atoms with Crippen molar-refractivity contribution in [1.29, 1.82) is 0 Å². The average Bonchev–Trinajstić information content (AvgIpc) is 3.67. The summed E-state index contributed by atoms with van der Waals surface area (Å²) in [5.74, 6) is 0.261. The van der Waals surface area contributed by atoms with Crippen LogP contribution in [0.2, 0.25) is 0 Å². The van der Waals surface area contributed by atoms with Crippen LogP contribution in [0.15, 0.2) is 103 Å². The minimum atomic E-state index is -0.0919. The summed E-state index contributed by atoms with van der Waals surface area (Å²) in [7, 11) is 0. The van der Waals surface area contributed by atoms with Crippen LogP contribution in [0.3, 0.4) is 0 Å². The van der Waals surface area contributed by atoms with Gasteiger partial charge in [0, 0.05) is 53.4 Å². The van der Waals surface area contributed by atoms with Crippen molar-refractivity contribution in [3.05, 3.63) is 114 Å². The van der Waals surface area contributed by atoms with Gasteiger partial charge in [-0.2, -0.15) is 0 Å². The van der Waals surface area contributed by atoms with E-state index in [1.165, 1.54) is 11.3 Å². The van der Waals surface area contributed by atoms with Gasteiger partial charge >= 0.3 is 0 Å². The lowest BCUT2D eigenvalue weighted by atomic mass is 10.1. The van der Waals surface area contributed by atoms with Gasteiger partial charge < -0.3 is 20.3 Å². The van der Waals surface area contributed by atoms with E-state index in [-0.39, 0.29) is 30.4 Å². The van der Waals surface area contributed by atoms with Crippen molar-refractivity contribution in [2.75, 3.05) is 23.7 Å². The number of carbonyl (C=O) groups excluding carboxylic acids is 2. The van der Waals surface area contributed by atoms with Gasteiger partial charge in [0.2, 0.25) is 11.9 Å². The molecule has 6 aromatic rings. The largest absolute Gasteiger partial charge is 0.372 e. The zero-order chi connectivity index (χ0) is 32.3. The number of hydrogen-bond acceptors (Lipinski definition) is 8. The van der Waals surface area contributed by atoms with Crippen LogP contribution in [0.4, 0.5) is 17.3 Å². The molecule has 2 unspecified atom stereocenters. The summed E-state index contributed by atoms with van der Waals surface area (Å²) in [5, 5.41) is 8.28. The van der Waals surface area contributed by atoms with Gasteiger partial charge in [-0.1, -0.05) is 48.5 Å². The molecule has 47 heavy (non-hydrogen) atoms. The first kappa shape index (κ1) is 30.3. The summed E-state index contributed by atoms with van der Waals surface area (Å²) in [4.78, 5) is 43.1. The zero-order valence-electron chi connectivity index (χ0n) is 26.0. The first-order valence-electron chi connectivity index (χ1n) is 15.4. The molecule has 3 aromatic carbocycles. The molecule has 1 saturated heterocycles. The molecule has 0 radical (unpaired) electrons. The van der Waals surface area contributed by atoms with Crippen LogP contribution in [-0.4, -0.2) is 61.4 Å². The number of anilines is 3. The highest BCUT2D eigenvalue weighted by Gasteiger charge is 2.27. The van der Waals surface area contributed by atoms with E-state index < -0.39 is 0 Å². The summed E-state index contributed by atoms with van der Waals surface area (Å²) in [6, 6.07) is 26.6. The maximum absolute atomic E-state index is 13.3. The van der Waals surface area contributed by atoms with Gasteiger partial charge in [0.05, 0.1) is 30.0 Å². The van der Waals surface area contributed by atoms with E-state index in [1.54, 1.807) is 6.20 Å². The molecule has 236 valence electrons. The third kappa shape index (κ3) is 6.76. The Hall–Kier alpha value is -5.39. The van der Waals surface area contributed by atoms with Crippen molar-refractivity contribution in [3.8, 4) is 22.6 Å². The third-order valence-electron chi connectivity index (χ3n) is 7.86. The van der Waals surface area contributed by atoms with Crippen LogP contribution in [0, 0.1) is 0 Å². The second kappa shape index (κ2) is 13.1. The number of carbonyl (C=O) groups is 2. The van der Waals surface area contributed by atoms with Crippen LogP contribution in [-0.2, 0) is 16.0 Å². The quantitative estimate of drug-likeness (QED) is 0.190. The van der Waals surface area contributed by atoms with Crippen molar-refractivity contribution in [1.82, 2.24) is 24.3 Å². The van der Waals surface area contributed by atoms with Crippen molar-refractivity contribution < 1.29 is 14.3 Å². The Morgan fingerprint density at radius 2 is 1.70 bits per heavy atom. The Morgan fingerprint density at radius 1 is 0.915 bits per heavy atom. The first-order chi connectivity index (χ1) is 22.9. The number of amides is 2. The number of rotatable bonds is 8. The average molecular weight is 644 g/mol. The highest BCUT2D eigenvalue weighted by molar-refractivity contribution is 7.15. The molecule has 11 heteroatoms. The number of hydrogen-bond donors (Lipinski definition) is 2. The lowest BCUT2D eigenvalue weighted by Gasteiger charge is -2.35. The Kier molecular flexibility index (Phi) is 8.47. The molecule has 7 rings (SSSR count). The van der Waals surface area contributed by atoms with E-state index in [0.717, 1.165) is 27.5 Å². The summed E-state index contributed by atoms with van der Waals surface area (Å²) >= 11 is 1.53. The standard InChI is InChI=1S/C36H33N7O3S/c1-23-21-42(22-24(2)46-23)34(45)27-11-7-13-29(20-27)39-35-37-15-14-30(40-35)33-32(41-36-43(33)16-17-47-36)26-10-6-12-28(19-26)38-31(44)18-25-8-4-3-5-9-25/h3-17,19-20,23-24H,18,21-22H2,1-2H3,(H,38,44)(H,37,39,40). The van der Waals surface area contributed by atoms with Gasteiger partial charge in [-0.25, -0.2) is 15.0 Å². The molecular weight excluding hydrogens is 611 g/mol. The molecule has 1 aliphatic heterocycles. The minimum Gasteiger partial charge on any atom is -0.372 e. The number of thiazole rings is 1. The van der Waals surface area contributed by atoms with E-state index in [2.05, 4.69) is 15.6 Å². The van der Waals surface area contributed by atoms with Crippen LogP contribution >= 0.6 is 11.3 Å². The Labute approximate surface area is 276 Å². The molecule has 0 aliphatic carbocycles. The number of nitrogens with zero attached hydrogens (tertiary/aromatic N) is 5. The van der Waals surface area contributed by atoms with E-state index in [1.807, 2.05) is 120 Å². The lowest BCUT2D eigenvalue weighted by Crippen LogP contribution is -2.48. The molecular formula is C36H33N7O3S. The molecule has 1 aliphatic rings. The number of ether oxygens (including phenoxy) is 1. The topological polar surface area (TPSA) is 114 Å². The maximum atomic E-state index is 13.3. The number of benzene rings is 3. The Balaban J connectivity index is 1.14. The third-order valence-corrected chi connectivity index (χ3v) is 8.62. The fourth-order valence-electron chi connectivity index (χ4n) is 5.90. The van der Waals surface area contributed by atoms with Crippen molar-refractivity contribution in [3.63, 3.8) is 0 Å². The Bertz CT molecular complexity index is 2050. The number of fused-ring (bicyclic) bond motifs is 1. The molecule has 0 spiro atoms. The van der Waals surface area contributed by atoms with Crippen LogP contribution in [0.5, 0.6) is 0 Å². The van der Waals surface area contributed by atoms with Crippen LogP contribution in [0.1, 0.15) is 29.8 Å². The van der Waals surface area contributed by atoms with E-state index in [9.17, 15) is 9.59 Å². The molecule has 2 amide bonds. The van der Waals surface area contributed by atoms with E-state index in [0.29, 0.717) is 41.7 Å². The fraction of sp³-hybridized carbons (Fsp3) is 0.194. The van der Waals surface area contributed by atoms with Crippen LogP contribution < -0.4 is 10.6 Å². The molecule has 0 saturated carbocycles. The smallest absolute Gasteiger partial charge is 0.254 e. The SMILES string of the molecule is CC1CN(C(=O)c2cccc(Nc3nccc(-c4c(-c5cccc(NC(=O)Cc6ccccc6)c5)nc5sccn45)n3)c2)CC(C)O1. The molecule has 4 heterocycles. The summed E-state index contributed by atoms with van der Waals surface area (Å²) in [6.45, 7) is 5.07. The van der Waals surface area contributed by atoms with Crippen molar-refractivity contribution in [2.45, 2.75) is 32.5 Å². The zero-order valence-corrected chi connectivity index (χ0v) is 26.8. The lowest BCUT2D eigenvalue weighted by molar-refractivity contribution is -0.115. The van der Waals surface area contributed by atoms with Crippen LogP contribution in [0.25, 0.3) is 27.6 Å². The van der Waals surface area contributed by atoms with Gasteiger partial charge in [-0.3, -0.25) is 14.0 Å². The molecule has 3 aromatic heterocycles. The number of aromatic nitrogens is 4. The predicted molar refractivity (Wildman–Crippen MR) is 184 cm³/mol. The predicted octanol–water partition coefficient (Wildman–Crippen LogP) is 6.69. The maximum Gasteiger partial charge on any atom is 0.254 e.